The van der Waals surface area contributed by atoms with Gasteiger partial charge in [-0.25, -0.2) is 0 Å². The molecule has 17 heavy (non-hydrogen) atoms. The van der Waals surface area contributed by atoms with Gasteiger partial charge in [0, 0.05) is 30.7 Å². The summed E-state index contributed by atoms with van der Waals surface area (Å²) >= 11 is 0. The number of rotatable bonds is 4. The van der Waals surface area contributed by atoms with Crippen molar-refractivity contribution in [3.63, 3.8) is 0 Å². The fourth-order valence-electron chi connectivity index (χ4n) is 2.32. The molecule has 2 nitrogen and oxygen atoms in total. The molecule has 2 aromatic rings. The van der Waals surface area contributed by atoms with Crippen LogP contribution < -0.4 is 5.32 Å². The SMILES string of the molecule is CCc1cccc2cc(CNC(C)C)n(C)c12. The molecule has 2 rings (SSSR count). The minimum Gasteiger partial charge on any atom is -0.346 e. The summed E-state index contributed by atoms with van der Waals surface area (Å²) in [6.07, 6.45) is 1.09. The van der Waals surface area contributed by atoms with Crippen molar-refractivity contribution in [1.29, 1.82) is 0 Å². The van der Waals surface area contributed by atoms with Gasteiger partial charge in [-0.15, -0.1) is 0 Å². The van der Waals surface area contributed by atoms with Crippen LogP contribution in [0.25, 0.3) is 10.9 Å². The fourth-order valence-corrected chi connectivity index (χ4v) is 2.32. The minimum atomic E-state index is 0.527. The van der Waals surface area contributed by atoms with E-state index in [-0.39, 0.29) is 0 Å². The molecule has 1 N–H and O–H groups in total. The Hall–Kier alpha value is -1.28. The number of nitrogens with zero attached hydrogens (tertiary/aromatic N) is 1. The molecule has 1 aromatic carbocycles. The van der Waals surface area contributed by atoms with Crippen LogP contribution in [0.15, 0.2) is 24.3 Å². The fraction of sp³-hybridized carbons (Fsp3) is 0.467. The Bertz CT molecular complexity index is 509. The number of hydrogen-bond donors (Lipinski definition) is 1. The first-order valence-corrected chi connectivity index (χ1v) is 6.43. The number of para-hydroxylation sites is 1. The Morgan fingerprint density at radius 1 is 1.29 bits per heavy atom. The highest BCUT2D eigenvalue weighted by Gasteiger charge is 2.08. The number of aromatic nitrogens is 1. The lowest BCUT2D eigenvalue weighted by Crippen LogP contribution is -2.23. The molecule has 0 saturated carbocycles. The molecule has 0 atom stereocenters. The normalized spacial score (nSPS) is 11.6. The molecule has 2 heteroatoms. The van der Waals surface area contributed by atoms with Crippen molar-refractivity contribution in [2.45, 2.75) is 39.8 Å². The van der Waals surface area contributed by atoms with E-state index in [1.165, 1.54) is 22.2 Å². The number of nitrogens with one attached hydrogen (secondary N) is 1. The van der Waals surface area contributed by atoms with Gasteiger partial charge in [0.25, 0.3) is 0 Å². The summed E-state index contributed by atoms with van der Waals surface area (Å²) in [6.45, 7) is 7.51. The Balaban J connectivity index is 2.42. The van der Waals surface area contributed by atoms with Crippen LogP contribution >= 0.6 is 0 Å². The third kappa shape index (κ3) is 2.37. The van der Waals surface area contributed by atoms with Gasteiger partial charge in [-0.05, 0) is 18.1 Å². The van der Waals surface area contributed by atoms with E-state index in [0.717, 1.165) is 13.0 Å². The summed E-state index contributed by atoms with van der Waals surface area (Å²) in [5, 5.41) is 4.83. The molecular weight excluding hydrogens is 208 g/mol. The summed E-state index contributed by atoms with van der Waals surface area (Å²) in [4.78, 5) is 0. The second-order valence-corrected chi connectivity index (χ2v) is 4.94. The Morgan fingerprint density at radius 2 is 2.06 bits per heavy atom. The third-order valence-electron chi connectivity index (χ3n) is 3.31. The maximum Gasteiger partial charge on any atom is 0.0512 e. The van der Waals surface area contributed by atoms with Crippen LogP contribution in [0.2, 0.25) is 0 Å². The first-order valence-electron chi connectivity index (χ1n) is 6.43. The van der Waals surface area contributed by atoms with Crippen molar-refractivity contribution in [2.75, 3.05) is 0 Å². The minimum absolute atomic E-state index is 0.527. The van der Waals surface area contributed by atoms with Crippen LogP contribution in [0.5, 0.6) is 0 Å². The van der Waals surface area contributed by atoms with E-state index < -0.39 is 0 Å². The molecule has 0 bridgehead atoms. The van der Waals surface area contributed by atoms with Gasteiger partial charge in [-0.1, -0.05) is 39.0 Å². The lowest BCUT2D eigenvalue weighted by molar-refractivity contribution is 0.572. The van der Waals surface area contributed by atoms with E-state index in [9.17, 15) is 0 Å². The monoisotopic (exact) mass is 230 g/mol. The van der Waals surface area contributed by atoms with Crippen LogP contribution in [-0.2, 0) is 20.0 Å². The molecule has 0 unspecified atom stereocenters. The average molecular weight is 230 g/mol. The summed E-state index contributed by atoms with van der Waals surface area (Å²) in [7, 11) is 2.17. The van der Waals surface area contributed by atoms with Crippen LogP contribution in [0.3, 0.4) is 0 Å². The molecule has 0 fully saturated rings. The average Bonchev–Trinajstić information content (AvgIpc) is 2.64. The summed E-state index contributed by atoms with van der Waals surface area (Å²) in [5.41, 5.74) is 4.17. The maximum absolute atomic E-state index is 3.48. The van der Waals surface area contributed by atoms with E-state index in [0.29, 0.717) is 6.04 Å². The highest BCUT2D eigenvalue weighted by molar-refractivity contribution is 5.84. The molecule has 0 amide bonds. The van der Waals surface area contributed by atoms with Crippen molar-refractivity contribution in [3.05, 3.63) is 35.5 Å². The second kappa shape index (κ2) is 4.92. The molecule has 92 valence electrons. The lowest BCUT2D eigenvalue weighted by atomic mass is 10.1. The van der Waals surface area contributed by atoms with Crippen LogP contribution in [0.4, 0.5) is 0 Å². The Morgan fingerprint density at radius 3 is 2.71 bits per heavy atom. The molecule has 1 aromatic heterocycles. The summed E-state index contributed by atoms with van der Waals surface area (Å²) in [5.74, 6) is 0. The molecule has 0 aliphatic rings. The zero-order valence-electron chi connectivity index (χ0n) is 11.2. The van der Waals surface area contributed by atoms with E-state index in [1.54, 1.807) is 0 Å². The predicted molar refractivity (Wildman–Crippen MR) is 74.3 cm³/mol. The molecule has 0 saturated heterocycles. The molecule has 0 radical (unpaired) electrons. The topological polar surface area (TPSA) is 17.0 Å². The van der Waals surface area contributed by atoms with Gasteiger partial charge >= 0.3 is 0 Å². The smallest absolute Gasteiger partial charge is 0.0512 e. The van der Waals surface area contributed by atoms with Gasteiger partial charge < -0.3 is 9.88 Å². The number of hydrogen-bond acceptors (Lipinski definition) is 1. The van der Waals surface area contributed by atoms with Crippen LogP contribution in [0.1, 0.15) is 32.0 Å². The zero-order valence-corrected chi connectivity index (χ0v) is 11.2. The van der Waals surface area contributed by atoms with Gasteiger partial charge in [-0.2, -0.15) is 0 Å². The van der Waals surface area contributed by atoms with Crippen LogP contribution in [-0.4, -0.2) is 10.6 Å². The summed E-state index contributed by atoms with van der Waals surface area (Å²) < 4.78 is 2.32. The van der Waals surface area contributed by atoms with Gasteiger partial charge in [0.15, 0.2) is 0 Å². The van der Waals surface area contributed by atoms with Crippen molar-refractivity contribution < 1.29 is 0 Å². The second-order valence-electron chi connectivity index (χ2n) is 4.94. The zero-order chi connectivity index (χ0) is 12.4. The first-order chi connectivity index (χ1) is 8.13. The van der Waals surface area contributed by atoms with E-state index in [4.69, 9.17) is 0 Å². The van der Waals surface area contributed by atoms with Gasteiger partial charge in [0.2, 0.25) is 0 Å². The standard InChI is InChI=1S/C15H22N2/c1-5-12-7-6-8-13-9-14(10-16-11(2)3)17(4)15(12)13/h6-9,11,16H,5,10H2,1-4H3. The first kappa shape index (κ1) is 12.2. The predicted octanol–water partition coefficient (Wildman–Crippen LogP) is 3.24. The third-order valence-corrected chi connectivity index (χ3v) is 3.31. The molecular formula is C15H22N2. The molecule has 0 aliphatic carbocycles. The quantitative estimate of drug-likeness (QED) is 0.853. The highest BCUT2D eigenvalue weighted by Crippen LogP contribution is 2.23. The van der Waals surface area contributed by atoms with Gasteiger partial charge in [0.1, 0.15) is 0 Å². The van der Waals surface area contributed by atoms with Crippen molar-refractivity contribution >= 4 is 10.9 Å². The van der Waals surface area contributed by atoms with Crippen LogP contribution in [0, 0.1) is 0 Å². The molecule has 0 aliphatic heterocycles. The largest absolute Gasteiger partial charge is 0.346 e. The number of aryl methyl sites for hydroxylation is 2. The van der Waals surface area contributed by atoms with Gasteiger partial charge in [-0.3, -0.25) is 0 Å². The van der Waals surface area contributed by atoms with E-state index in [2.05, 4.69) is 62.0 Å². The van der Waals surface area contributed by atoms with Gasteiger partial charge in [0.05, 0.1) is 5.52 Å². The number of fused-ring (bicyclic) bond motifs is 1. The van der Waals surface area contributed by atoms with Crippen molar-refractivity contribution in [2.24, 2.45) is 7.05 Å². The number of benzene rings is 1. The van der Waals surface area contributed by atoms with E-state index in [1.807, 2.05) is 0 Å². The Kier molecular flexibility index (Phi) is 3.53. The molecule has 1 heterocycles. The van der Waals surface area contributed by atoms with Crippen molar-refractivity contribution in [1.82, 2.24) is 9.88 Å². The highest BCUT2D eigenvalue weighted by atomic mass is 15.0. The Labute approximate surface area is 104 Å². The summed E-state index contributed by atoms with van der Waals surface area (Å²) in [6, 6.07) is 9.40. The maximum atomic E-state index is 3.48. The van der Waals surface area contributed by atoms with Crippen molar-refractivity contribution in [3.8, 4) is 0 Å². The lowest BCUT2D eigenvalue weighted by Gasteiger charge is -2.10. The molecule has 0 spiro atoms. The van der Waals surface area contributed by atoms with E-state index >= 15 is 0 Å².